The smallest absolute Gasteiger partial charge is 0.243 e. The fraction of sp³-hybridized carbons (Fsp3) is 0.240. The van der Waals surface area contributed by atoms with Crippen molar-refractivity contribution >= 4 is 27.5 Å². The van der Waals surface area contributed by atoms with E-state index in [4.69, 9.17) is 11.6 Å². The number of sulfonamides is 1. The zero-order valence-electron chi connectivity index (χ0n) is 17.5. The summed E-state index contributed by atoms with van der Waals surface area (Å²) >= 11 is 5.96. The Balaban J connectivity index is 1.58. The van der Waals surface area contributed by atoms with Gasteiger partial charge in [0.15, 0.2) is 0 Å². The maximum Gasteiger partial charge on any atom is 0.243 e. The number of piperidine rings is 1. The van der Waals surface area contributed by atoms with Crippen LogP contribution in [0.25, 0.3) is 0 Å². The Morgan fingerprint density at radius 2 is 1.53 bits per heavy atom. The molecule has 1 heterocycles. The van der Waals surface area contributed by atoms with Crippen LogP contribution in [-0.2, 0) is 21.4 Å². The highest BCUT2D eigenvalue weighted by Gasteiger charge is 2.40. The zero-order chi connectivity index (χ0) is 22.6. The minimum absolute atomic E-state index is 0.128. The topological polar surface area (TPSA) is 66.5 Å². The lowest BCUT2D eigenvalue weighted by Gasteiger charge is -2.38. The van der Waals surface area contributed by atoms with Crippen LogP contribution in [0.5, 0.6) is 0 Å². The van der Waals surface area contributed by atoms with Gasteiger partial charge in [0.05, 0.1) is 16.9 Å². The van der Waals surface area contributed by atoms with E-state index in [1.807, 2.05) is 60.7 Å². The monoisotopic (exact) mass is 468 g/mol. The first-order chi connectivity index (χ1) is 15.4. The largest absolute Gasteiger partial charge is 0.352 e. The summed E-state index contributed by atoms with van der Waals surface area (Å²) in [4.78, 5) is 13.1. The molecule has 0 bridgehead atoms. The van der Waals surface area contributed by atoms with Gasteiger partial charge in [-0.1, -0.05) is 72.3 Å². The highest BCUT2D eigenvalue weighted by molar-refractivity contribution is 7.89. The van der Waals surface area contributed by atoms with Gasteiger partial charge in [-0.2, -0.15) is 4.31 Å². The Kier molecular flexibility index (Phi) is 6.94. The van der Waals surface area contributed by atoms with Crippen molar-refractivity contribution in [3.63, 3.8) is 0 Å². The van der Waals surface area contributed by atoms with Gasteiger partial charge in [-0.25, -0.2) is 8.42 Å². The number of halogens is 1. The molecule has 0 spiro atoms. The van der Waals surface area contributed by atoms with Gasteiger partial charge in [-0.05, 0) is 48.2 Å². The Morgan fingerprint density at radius 3 is 2.19 bits per heavy atom. The highest BCUT2D eigenvalue weighted by atomic mass is 35.5. The Hall–Kier alpha value is -2.67. The molecule has 3 aromatic carbocycles. The van der Waals surface area contributed by atoms with Crippen LogP contribution < -0.4 is 5.32 Å². The summed E-state index contributed by atoms with van der Waals surface area (Å²) in [6.45, 7) is 0.549. The van der Waals surface area contributed by atoms with E-state index < -0.39 is 15.9 Å². The quantitative estimate of drug-likeness (QED) is 0.565. The summed E-state index contributed by atoms with van der Waals surface area (Å²) in [6.07, 6.45) is 1.19. The van der Waals surface area contributed by atoms with E-state index in [-0.39, 0.29) is 23.4 Å². The fourth-order valence-corrected chi connectivity index (χ4v) is 5.91. The second kappa shape index (κ2) is 9.86. The lowest BCUT2D eigenvalue weighted by atomic mass is 9.90. The van der Waals surface area contributed by atoms with Crippen LogP contribution in [0.3, 0.4) is 0 Å². The molecular weight excluding hydrogens is 444 g/mol. The molecule has 4 rings (SSSR count). The van der Waals surface area contributed by atoms with Gasteiger partial charge in [0, 0.05) is 18.1 Å². The van der Waals surface area contributed by atoms with Crippen molar-refractivity contribution in [2.75, 3.05) is 6.54 Å². The molecule has 1 fully saturated rings. The molecule has 0 aromatic heterocycles. The van der Waals surface area contributed by atoms with Crippen molar-refractivity contribution in [2.24, 2.45) is 5.92 Å². The zero-order valence-corrected chi connectivity index (χ0v) is 19.1. The first kappa shape index (κ1) is 22.5. The number of hydrogen-bond donors (Lipinski definition) is 1. The summed E-state index contributed by atoms with van der Waals surface area (Å²) in [6, 6.07) is 25.1. The van der Waals surface area contributed by atoms with E-state index in [1.54, 1.807) is 12.1 Å². The normalized spacial score (nSPS) is 19.4. The Morgan fingerprint density at radius 1 is 0.906 bits per heavy atom. The van der Waals surface area contributed by atoms with Crippen molar-refractivity contribution in [1.29, 1.82) is 0 Å². The molecule has 1 saturated heterocycles. The summed E-state index contributed by atoms with van der Waals surface area (Å²) in [5, 5.41) is 3.44. The third kappa shape index (κ3) is 5.04. The van der Waals surface area contributed by atoms with Crippen molar-refractivity contribution < 1.29 is 13.2 Å². The van der Waals surface area contributed by atoms with Crippen molar-refractivity contribution in [2.45, 2.75) is 30.3 Å². The van der Waals surface area contributed by atoms with Crippen LogP contribution in [0, 0.1) is 5.92 Å². The van der Waals surface area contributed by atoms with E-state index in [0.29, 0.717) is 24.4 Å². The van der Waals surface area contributed by atoms with Crippen molar-refractivity contribution in [3.8, 4) is 0 Å². The third-order valence-electron chi connectivity index (χ3n) is 5.82. The number of carbonyl (C=O) groups excluding carboxylic acids is 1. The first-order valence-electron chi connectivity index (χ1n) is 10.6. The van der Waals surface area contributed by atoms with E-state index >= 15 is 0 Å². The lowest BCUT2D eigenvalue weighted by Crippen LogP contribution is -2.46. The van der Waals surface area contributed by atoms with Gasteiger partial charge in [-0.15, -0.1) is 0 Å². The van der Waals surface area contributed by atoms with Crippen LogP contribution in [0.1, 0.15) is 30.0 Å². The number of nitrogens with one attached hydrogen (secondary N) is 1. The minimum Gasteiger partial charge on any atom is -0.352 e. The third-order valence-corrected chi connectivity index (χ3v) is 7.96. The molecule has 166 valence electrons. The second-order valence-corrected chi connectivity index (χ2v) is 10.3. The maximum absolute atomic E-state index is 13.6. The van der Waals surface area contributed by atoms with Gasteiger partial charge < -0.3 is 5.32 Å². The Bertz CT molecular complexity index is 1150. The van der Waals surface area contributed by atoms with Crippen LogP contribution >= 0.6 is 11.6 Å². The number of amides is 1. The molecule has 0 radical (unpaired) electrons. The molecule has 5 nitrogen and oxygen atoms in total. The summed E-state index contributed by atoms with van der Waals surface area (Å²) in [5.41, 5.74) is 1.93. The molecule has 1 aliphatic rings. The van der Waals surface area contributed by atoms with E-state index in [9.17, 15) is 13.2 Å². The average molecular weight is 469 g/mol. The maximum atomic E-state index is 13.6. The van der Waals surface area contributed by atoms with Crippen LogP contribution in [0.4, 0.5) is 0 Å². The predicted molar refractivity (Wildman–Crippen MR) is 126 cm³/mol. The van der Waals surface area contributed by atoms with Crippen molar-refractivity contribution in [3.05, 3.63) is 101 Å². The molecule has 2 atom stereocenters. The van der Waals surface area contributed by atoms with E-state index in [0.717, 1.165) is 11.1 Å². The second-order valence-electron chi connectivity index (χ2n) is 7.93. The van der Waals surface area contributed by atoms with Gasteiger partial charge in [0.2, 0.25) is 15.9 Å². The molecule has 3 aromatic rings. The van der Waals surface area contributed by atoms with Crippen LogP contribution in [0.15, 0.2) is 89.8 Å². The van der Waals surface area contributed by atoms with Gasteiger partial charge in [0.1, 0.15) is 0 Å². The number of benzene rings is 3. The molecule has 2 unspecified atom stereocenters. The first-order valence-corrected chi connectivity index (χ1v) is 12.4. The summed E-state index contributed by atoms with van der Waals surface area (Å²) in [5.74, 6) is -0.544. The van der Waals surface area contributed by atoms with Gasteiger partial charge >= 0.3 is 0 Å². The van der Waals surface area contributed by atoms with Crippen LogP contribution in [-0.4, -0.2) is 25.2 Å². The van der Waals surface area contributed by atoms with Crippen molar-refractivity contribution in [1.82, 2.24) is 9.62 Å². The fourth-order valence-electron chi connectivity index (χ4n) is 4.10. The number of nitrogens with zero attached hydrogens (tertiary/aromatic N) is 1. The molecule has 1 aliphatic heterocycles. The molecular formula is C25H25ClN2O3S. The molecule has 0 aliphatic carbocycles. The minimum atomic E-state index is -3.81. The molecule has 7 heteroatoms. The standard InChI is InChI=1S/C25H25ClN2O3S/c26-22-12-14-23(15-13-22)32(30,31)28-18-21(11-16-24(28)20-9-5-2-6-10-20)25(29)27-17-19-7-3-1-4-8-19/h1-10,12-15,21,24H,11,16-18H2,(H,27,29). The van der Waals surface area contributed by atoms with Gasteiger partial charge in [0.25, 0.3) is 0 Å². The van der Waals surface area contributed by atoms with Gasteiger partial charge in [-0.3, -0.25) is 4.79 Å². The summed E-state index contributed by atoms with van der Waals surface area (Å²) < 4.78 is 28.6. The van der Waals surface area contributed by atoms with E-state index in [2.05, 4.69) is 5.32 Å². The molecule has 1 amide bonds. The highest BCUT2D eigenvalue weighted by Crippen LogP contribution is 2.37. The number of carbonyl (C=O) groups is 1. The summed E-state index contributed by atoms with van der Waals surface area (Å²) in [7, 11) is -3.81. The number of rotatable bonds is 6. The molecule has 0 saturated carbocycles. The number of hydrogen-bond acceptors (Lipinski definition) is 3. The molecule has 32 heavy (non-hydrogen) atoms. The Labute approximate surface area is 194 Å². The average Bonchev–Trinajstić information content (AvgIpc) is 2.83. The van der Waals surface area contributed by atoms with Crippen LogP contribution in [0.2, 0.25) is 5.02 Å². The lowest BCUT2D eigenvalue weighted by molar-refractivity contribution is -0.126. The molecule has 1 N–H and O–H groups in total. The predicted octanol–water partition coefficient (Wildman–Crippen LogP) is 4.80. The van der Waals surface area contributed by atoms with E-state index in [1.165, 1.54) is 16.4 Å². The SMILES string of the molecule is O=C(NCc1ccccc1)C1CCC(c2ccccc2)N(S(=O)(=O)c2ccc(Cl)cc2)C1.